The maximum absolute atomic E-state index is 14.5. The second-order valence-corrected chi connectivity index (χ2v) is 9.48. The predicted molar refractivity (Wildman–Crippen MR) is 136 cm³/mol. The standard InChI is InChI=1S/C29H27F3N4O2/c1-35-27(34-28-25(37-2)8-7-23(31)29(28)35)16-36-11-9-19(10-12-36)20-5-6-22(30)26(14-20)38-17-21-4-3-18(15-33)13-24(21)32/h3-8,13-14,19H,9-12,16-17H2,1-2H3. The molecular weight excluding hydrogens is 493 g/mol. The number of nitriles is 1. The minimum Gasteiger partial charge on any atom is -0.494 e. The highest BCUT2D eigenvalue weighted by Crippen LogP contribution is 2.33. The van der Waals surface area contributed by atoms with Gasteiger partial charge in [-0.2, -0.15) is 5.26 Å². The van der Waals surface area contributed by atoms with Crippen LogP contribution in [0.3, 0.4) is 0 Å². The van der Waals surface area contributed by atoms with E-state index in [9.17, 15) is 13.2 Å². The van der Waals surface area contributed by atoms with Crippen molar-refractivity contribution in [2.24, 2.45) is 7.05 Å². The number of aromatic nitrogens is 2. The van der Waals surface area contributed by atoms with E-state index in [0.29, 0.717) is 23.3 Å². The average Bonchev–Trinajstić information content (AvgIpc) is 3.25. The molecule has 0 unspecified atom stereocenters. The number of piperidine rings is 1. The summed E-state index contributed by atoms with van der Waals surface area (Å²) in [6.07, 6.45) is 1.72. The minimum absolute atomic E-state index is 0.0735. The first kappa shape index (κ1) is 25.6. The van der Waals surface area contributed by atoms with Gasteiger partial charge >= 0.3 is 0 Å². The van der Waals surface area contributed by atoms with Crippen molar-refractivity contribution in [1.82, 2.24) is 14.5 Å². The van der Waals surface area contributed by atoms with Gasteiger partial charge in [-0.1, -0.05) is 12.1 Å². The maximum Gasteiger partial charge on any atom is 0.165 e. The fraction of sp³-hybridized carbons (Fsp3) is 0.310. The van der Waals surface area contributed by atoms with Gasteiger partial charge in [-0.05, 0) is 73.8 Å². The number of aryl methyl sites for hydroxylation is 1. The summed E-state index contributed by atoms with van der Waals surface area (Å²) in [5.41, 5.74) is 2.37. The van der Waals surface area contributed by atoms with Crippen LogP contribution in [0.5, 0.6) is 11.5 Å². The molecule has 3 aromatic carbocycles. The lowest BCUT2D eigenvalue weighted by Gasteiger charge is -2.32. The molecule has 9 heteroatoms. The van der Waals surface area contributed by atoms with Gasteiger partial charge in [-0.3, -0.25) is 4.90 Å². The van der Waals surface area contributed by atoms with Crippen molar-refractivity contribution in [2.45, 2.75) is 31.9 Å². The molecule has 1 aliphatic heterocycles. The molecule has 0 N–H and O–H groups in total. The Morgan fingerprint density at radius 2 is 1.74 bits per heavy atom. The normalized spacial score (nSPS) is 14.5. The van der Waals surface area contributed by atoms with Crippen LogP contribution in [0.1, 0.15) is 41.3 Å². The quantitative estimate of drug-likeness (QED) is 0.307. The Morgan fingerprint density at radius 3 is 2.45 bits per heavy atom. The first-order valence-electron chi connectivity index (χ1n) is 12.4. The number of rotatable bonds is 7. The summed E-state index contributed by atoms with van der Waals surface area (Å²) in [6, 6.07) is 13.8. The Kier molecular flexibility index (Phi) is 7.25. The van der Waals surface area contributed by atoms with Crippen LogP contribution in [0.25, 0.3) is 11.0 Å². The second-order valence-electron chi connectivity index (χ2n) is 9.48. The Balaban J connectivity index is 1.23. The van der Waals surface area contributed by atoms with Gasteiger partial charge in [0.05, 0.1) is 25.3 Å². The van der Waals surface area contributed by atoms with E-state index in [1.165, 1.54) is 24.3 Å². The number of ether oxygens (including phenoxy) is 2. The molecule has 38 heavy (non-hydrogen) atoms. The van der Waals surface area contributed by atoms with Crippen LogP contribution in [0.15, 0.2) is 48.5 Å². The molecule has 196 valence electrons. The molecule has 0 saturated carbocycles. The molecule has 6 nitrogen and oxygen atoms in total. The van der Waals surface area contributed by atoms with Crippen LogP contribution >= 0.6 is 0 Å². The largest absolute Gasteiger partial charge is 0.494 e. The van der Waals surface area contributed by atoms with Crippen molar-refractivity contribution in [1.29, 1.82) is 5.26 Å². The third-order valence-corrected chi connectivity index (χ3v) is 7.19. The van der Waals surface area contributed by atoms with Crippen LogP contribution in [0.2, 0.25) is 0 Å². The number of benzene rings is 3. The van der Waals surface area contributed by atoms with E-state index in [0.717, 1.165) is 43.4 Å². The Hall–Kier alpha value is -4.03. The van der Waals surface area contributed by atoms with E-state index >= 15 is 0 Å². The van der Waals surface area contributed by atoms with Crippen molar-refractivity contribution >= 4 is 11.0 Å². The Morgan fingerprint density at radius 1 is 0.974 bits per heavy atom. The molecule has 1 aliphatic rings. The van der Waals surface area contributed by atoms with Crippen molar-refractivity contribution in [2.75, 3.05) is 20.2 Å². The summed E-state index contributed by atoms with van der Waals surface area (Å²) in [5, 5.41) is 8.89. The first-order valence-corrected chi connectivity index (χ1v) is 12.4. The molecule has 1 fully saturated rings. The van der Waals surface area contributed by atoms with E-state index in [1.807, 2.05) is 13.1 Å². The summed E-state index contributed by atoms with van der Waals surface area (Å²) < 4.78 is 55.9. The van der Waals surface area contributed by atoms with Gasteiger partial charge in [0, 0.05) is 12.6 Å². The van der Waals surface area contributed by atoms with Crippen molar-refractivity contribution in [3.05, 3.63) is 88.5 Å². The van der Waals surface area contributed by atoms with E-state index in [2.05, 4.69) is 9.88 Å². The van der Waals surface area contributed by atoms with Crippen LogP contribution in [-0.2, 0) is 20.2 Å². The van der Waals surface area contributed by atoms with Gasteiger partial charge in [0.1, 0.15) is 40.8 Å². The van der Waals surface area contributed by atoms with Gasteiger partial charge in [0.2, 0.25) is 0 Å². The number of halogens is 3. The summed E-state index contributed by atoms with van der Waals surface area (Å²) in [7, 11) is 3.35. The SMILES string of the molecule is COc1ccc(F)c2c1nc(CN1CCC(c3ccc(F)c(OCc4ccc(C#N)cc4F)c3)CC1)n2C. The van der Waals surface area contributed by atoms with Gasteiger partial charge in [0.25, 0.3) is 0 Å². The van der Waals surface area contributed by atoms with Gasteiger partial charge in [-0.25, -0.2) is 18.2 Å². The highest BCUT2D eigenvalue weighted by atomic mass is 19.1. The molecule has 4 aromatic rings. The Labute approximate surface area is 218 Å². The molecule has 0 radical (unpaired) electrons. The lowest BCUT2D eigenvalue weighted by molar-refractivity contribution is 0.198. The number of nitrogens with zero attached hydrogens (tertiary/aromatic N) is 4. The molecule has 5 rings (SSSR count). The lowest BCUT2D eigenvalue weighted by Crippen LogP contribution is -2.33. The van der Waals surface area contributed by atoms with Crippen LogP contribution in [-0.4, -0.2) is 34.7 Å². The van der Waals surface area contributed by atoms with Crippen LogP contribution < -0.4 is 9.47 Å². The van der Waals surface area contributed by atoms with Crippen molar-refractivity contribution < 1.29 is 22.6 Å². The molecule has 0 bridgehead atoms. The topological polar surface area (TPSA) is 63.3 Å². The van der Waals surface area contributed by atoms with Gasteiger partial charge in [0.15, 0.2) is 11.6 Å². The van der Waals surface area contributed by atoms with E-state index in [4.69, 9.17) is 14.7 Å². The van der Waals surface area contributed by atoms with Gasteiger partial charge in [-0.15, -0.1) is 0 Å². The van der Waals surface area contributed by atoms with Crippen molar-refractivity contribution in [3.8, 4) is 17.6 Å². The third-order valence-electron chi connectivity index (χ3n) is 7.19. The number of methoxy groups -OCH3 is 1. The molecule has 1 aromatic heterocycles. The summed E-state index contributed by atoms with van der Waals surface area (Å²) >= 11 is 0. The number of fused-ring (bicyclic) bond motifs is 1. The van der Waals surface area contributed by atoms with E-state index < -0.39 is 11.6 Å². The van der Waals surface area contributed by atoms with E-state index in [-0.39, 0.29) is 35.2 Å². The predicted octanol–water partition coefficient (Wildman–Crippen LogP) is 5.83. The first-order chi connectivity index (χ1) is 18.4. The number of imidazole rings is 1. The fourth-order valence-electron chi connectivity index (χ4n) is 5.00. The zero-order valence-electron chi connectivity index (χ0n) is 21.2. The molecule has 0 amide bonds. The number of likely N-dealkylation sites (tertiary alicyclic amines) is 1. The monoisotopic (exact) mass is 520 g/mol. The van der Waals surface area contributed by atoms with Crippen LogP contribution in [0, 0.1) is 28.8 Å². The molecular formula is C29H27F3N4O2. The fourth-order valence-corrected chi connectivity index (χ4v) is 5.00. The zero-order valence-corrected chi connectivity index (χ0v) is 21.2. The number of hydrogen-bond acceptors (Lipinski definition) is 5. The van der Waals surface area contributed by atoms with Gasteiger partial charge < -0.3 is 14.0 Å². The second kappa shape index (κ2) is 10.8. The summed E-state index contributed by atoms with van der Waals surface area (Å²) in [6.45, 7) is 2.04. The third kappa shape index (κ3) is 5.04. The van der Waals surface area contributed by atoms with Crippen molar-refractivity contribution in [3.63, 3.8) is 0 Å². The smallest absolute Gasteiger partial charge is 0.165 e. The lowest BCUT2D eigenvalue weighted by atomic mass is 9.89. The summed E-state index contributed by atoms with van der Waals surface area (Å²) in [5.74, 6) is 0.187. The molecule has 0 spiro atoms. The minimum atomic E-state index is -0.560. The summed E-state index contributed by atoms with van der Waals surface area (Å²) in [4.78, 5) is 6.93. The Bertz CT molecular complexity index is 1520. The zero-order chi connectivity index (χ0) is 26.8. The van der Waals surface area contributed by atoms with Crippen LogP contribution in [0.4, 0.5) is 13.2 Å². The highest BCUT2D eigenvalue weighted by molar-refractivity contribution is 5.83. The molecule has 0 aliphatic carbocycles. The average molecular weight is 521 g/mol. The molecule has 0 atom stereocenters. The highest BCUT2D eigenvalue weighted by Gasteiger charge is 2.24. The number of hydrogen-bond donors (Lipinski definition) is 0. The van der Waals surface area contributed by atoms with E-state index in [1.54, 1.807) is 29.9 Å². The molecule has 1 saturated heterocycles. The molecule has 2 heterocycles. The maximum atomic E-state index is 14.5.